The molecule has 0 bridgehead atoms. The summed E-state index contributed by atoms with van der Waals surface area (Å²) in [4.78, 5) is 4.81. The van der Waals surface area contributed by atoms with E-state index in [1.807, 2.05) is 38.7 Å². The van der Waals surface area contributed by atoms with Gasteiger partial charge in [0.2, 0.25) is 0 Å². The number of aliphatic imine (C=N–C) groups is 1. The van der Waals surface area contributed by atoms with E-state index in [1.165, 1.54) is 18.6 Å². The van der Waals surface area contributed by atoms with Crippen molar-refractivity contribution in [3.8, 4) is 0 Å². The molecule has 1 fully saturated rings. The van der Waals surface area contributed by atoms with Crippen molar-refractivity contribution >= 4 is 49.7 Å². The van der Waals surface area contributed by atoms with Gasteiger partial charge in [-0.3, -0.25) is 0 Å². The minimum absolute atomic E-state index is 0.439. The number of aryl methyl sites for hydroxylation is 2. The Kier molecular flexibility index (Phi) is 16.0. The van der Waals surface area contributed by atoms with Crippen LogP contribution in [0.4, 0.5) is 14.5 Å². The third kappa shape index (κ3) is 13.1. The van der Waals surface area contributed by atoms with Crippen LogP contribution >= 0.6 is 38.2 Å². The van der Waals surface area contributed by atoms with Gasteiger partial charge >= 0.3 is 41.5 Å². The summed E-state index contributed by atoms with van der Waals surface area (Å²) in [5.41, 5.74) is 4.23. The van der Waals surface area contributed by atoms with Crippen LogP contribution in [0, 0.1) is 32.1 Å². The Labute approximate surface area is 227 Å². The van der Waals surface area contributed by atoms with Gasteiger partial charge in [0.15, 0.2) is 5.84 Å². The van der Waals surface area contributed by atoms with Crippen LogP contribution in [-0.2, 0) is 16.1 Å². The molecule has 0 spiro atoms. The summed E-state index contributed by atoms with van der Waals surface area (Å²) in [5, 5.41) is 3.55. The van der Waals surface area contributed by atoms with Crippen molar-refractivity contribution in [2.75, 3.05) is 6.61 Å². The van der Waals surface area contributed by atoms with E-state index in [0.717, 1.165) is 35.9 Å². The van der Waals surface area contributed by atoms with Gasteiger partial charge in [-0.2, -0.15) is 6.42 Å². The third-order valence-electron chi connectivity index (χ3n) is 5.01. The van der Waals surface area contributed by atoms with E-state index in [2.05, 4.69) is 32.8 Å². The summed E-state index contributed by atoms with van der Waals surface area (Å²) in [5.74, 6) is -0.658. The fraction of sp³-hybridized carbons (Fsp3) is 0.440. The molecule has 1 aliphatic heterocycles. The zero-order valence-electron chi connectivity index (χ0n) is 21.0. The van der Waals surface area contributed by atoms with Gasteiger partial charge in [-0.25, -0.2) is 25.5 Å². The number of halogens is 5. The standard InChI is InChI=1S/C21H27F2N2P.C4H7O.3ClH.Cr/c1-13(2)26(14(3)4)25-21(17-10-18(22)12-19(23)11-17)24-20-15(5)8-7-9-16(20)6;1-2-4-5-3-1;;;;/h7-14H,1-6H3,(H,24,25);3H,1-2,4H2;3*1H;/q;-1;;;;+4/p-2. The van der Waals surface area contributed by atoms with Crippen LogP contribution in [0.1, 0.15) is 57.2 Å². The first-order valence-electron chi connectivity index (χ1n) is 11.3. The zero-order valence-corrected chi connectivity index (χ0v) is 25.5. The van der Waals surface area contributed by atoms with Gasteiger partial charge in [0.05, 0.1) is 25.1 Å². The Hall–Kier alpha value is -0.438. The van der Waals surface area contributed by atoms with E-state index in [-0.39, 0.29) is 0 Å². The van der Waals surface area contributed by atoms with Crippen LogP contribution in [0.2, 0.25) is 0 Å². The molecule has 0 amide bonds. The summed E-state index contributed by atoms with van der Waals surface area (Å²) in [7, 11) is 13.8. The quantitative estimate of drug-likeness (QED) is 0.159. The fourth-order valence-electron chi connectivity index (χ4n) is 3.46. The summed E-state index contributed by atoms with van der Waals surface area (Å²) in [6, 6.07) is 9.52. The second-order valence-electron chi connectivity index (χ2n) is 8.60. The molecule has 0 aliphatic carbocycles. The van der Waals surface area contributed by atoms with E-state index < -0.39 is 31.1 Å². The number of ether oxygens (including phenoxy) is 1. The Bertz CT molecular complexity index is 886. The molecule has 0 saturated carbocycles. The number of nitrogens with one attached hydrogen (secondary N) is 1. The first-order chi connectivity index (χ1) is 16.4. The van der Waals surface area contributed by atoms with Crippen molar-refractivity contribution < 1.29 is 24.9 Å². The van der Waals surface area contributed by atoms with Crippen molar-refractivity contribution in [3.05, 3.63) is 71.3 Å². The molecule has 35 heavy (non-hydrogen) atoms. The predicted octanol–water partition coefficient (Wildman–Crippen LogP) is 9.22. The van der Waals surface area contributed by atoms with Crippen molar-refractivity contribution in [2.45, 2.75) is 65.7 Å². The molecular formula is C25H35Cl3CrF2N2OP+. The number of rotatable bonds is 5. The molecule has 3 rings (SSSR count). The van der Waals surface area contributed by atoms with Crippen molar-refractivity contribution in [3.63, 3.8) is 0 Å². The van der Waals surface area contributed by atoms with Crippen LogP contribution in [0.3, 0.4) is 0 Å². The Morgan fingerprint density at radius 2 is 1.54 bits per heavy atom. The molecule has 2 aromatic rings. The van der Waals surface area contributed by atoms with Crippen LogP contribution < -0.4 is 5.09 Å². The number of benzene rings is 2. The number of para-hydroxylation sites is 1. The summed E-state index contributed by atoms with van der Waals surface area (Å²) in [6.07, 6.45) is 2.38. The molecule has 1 aliphatic rings. The molecule has 2 aromatic carbocycles. The molecule has 0 atom stereocenters. The molecule has 0 radical (unpaired) electrons. The van der Waals surface area contributed by atoms with E-state index in [0.29, 0.717) is 22.7 Å². The van der Waals surface area contributed by atoms with Gasteiger partial charge in [-0.15, -0.1) is 0 Å². The average molecular weight is 607 g/mol. The third-order valence-corrected chi connectivity index (χ3v) is 8.02. The average Bonchev–Trinajstić information content (AvgIpc) is 3.31. The van der Waals surface area contributed by atoms with E-state index in [9.17, 15) is 8.78 Å². The normalized spacial score (nSPS) is 13.6. The first-order valence-corrected chi connectivity index (χ1v) is 18.3. The number of amidine groups is 1. The second-order valence-corrected chi connectivity index (χ2v) is 18.4. The molecule has 0 aromatic heterocycles. The molecule has 0 unspecified atom stereocenters. The van der Waals surface area contributed by atoms with Gasteiger partial charge < -0.3 is 4.74 Å². The van der Waals surface area contributed by atoms with Gasteiger partial charge in [0.25, 0.3) is 0 Å². The van der Waals surface area contributed by atoms with E-state index >= 15 is 0 Å². The van der Waals surface area contributed by atoms with E-state index in [1.54, 1.807) is 0 Å². The number of nitrogens with zero attached hydrogens (tertiary/aromatic N) is 1. The summed E-state index contributed by atoms with van der Waals surface area (Å²) < 4.78 is 32.5. The molecule has 3 nitrogen and oxygen atoms in total. The monoisotopic (exact) mass is 605 g/mol. The van der Waals surface area contributed by atoms with Crippen LogP contribution in [-0.4, -0.2) is 23.8 Å². The van der Waals surface area contributed by atoms with Gasteiger partial charge in [0, 0.05) is 18.2 Å². The van der Waals surface area contributed by atoms with Crippen molar-refractivity contribution in [1.82, 2.24) is 5.09 Å². The van der Waals surface area contributed by atoms with Gasteiger partial charge in [-0.05, 0) is 64.8 Å². The SMILES string of the molecule is Cc1cccc(C)c1N=C(N[PH+](C(C)C)C(C)C)c1cc(F)cc(F)c1.[CH-]1CCCO1.[Cl][Cr+]([Cl])[Cl]. The van der Waals surface area contributed by atoms with Crippen LogP contribution in [0.15, 0.2) is 41.4 Å². The Morgan fingerprint density at radius 1 is 1.03 bits per heavy atom. The van der Waals surface area contributed by atoms with Crippen molar-refractivity contribution in [2.24, 2.45) is 4.99 Å². The Morgan fingerprint density at radius 3 is 1.91 bits per heavy atom. The van der Waals surface area contributed by atoms with E-state index in [4.69, 9.17) is 39.9 Å². The Balaban J connectivity index is 0.000000571. The van der Waals surface area contributed by atoms with Gasteiger partial charge in [0.1, 0.15) is 11.6 Å². The minimum atomic E-state index is -1.62. The maximum atomic E-state index is 13.8. The predicted molar refractivity (Wildman–Crippen MR) is 147 cm³/mol. The second kappa shape index (κ2) is 17.1. The van der Waals surface area contributed by atoms with Gasteiger partial charge in [-0.1, -0.05) is 24.6 Å². The van der Waals surface area contributed by atoms with Crippen molar-refractivity contribution in [1.29, 1.82) is 0 Å². The molecule has 196 valence electrons. The molecular weight excluding hydrogens is 572 g/mol. The van der Waals surface area contributed by atoms with Crippen LogP contribution in [0.5, 0.6) is 0 Å². The number of hydrogen-bond acceptors (Lipinski definition) is 2. The zero-order chi connectivity index (χ0) is 26.5. The summed E-state index contributed by atoms with van der Waals surface area (Å²) in [6.45, 7) is 15.5. The molecule has 10 heteroatoms. The number of hydrogen-bond donors (Lipinski definition) is 1. The molecule has 1 heterocycles. The van der Waals surface area contributed by atoms with Crippen LogP contribution in [0.25, 0.3) is 0 Å². The fourth-order valence-corrected chi connectivity index (χ4v) is 5.84. The molecule has 1 N–H and O–H groups in total. The maximum absolute atomic E-state index is 13.8. The molecule has 1 saturated heterocycles. The topological polar surface area (TPSA) is 33.6 Å². The first kappa shape index (κ1) is 32.6. The summed E-state index contributed by atoms with van der Waals surface area (Å²) >= 11 is -1.62.